The van der Waals surface area contributed by atoms with Crippen molar-refractivity contribution in [1.29, 1.82) is 0 Å². The van der Waals surface area contributed by atoms with E-state index in [-0.39, 0.29) is 20.9 Å². The molecule has 0 fully saturated rings. The molecular weight excluding hydrogens is 330 g/mol. The topological polar surface area (TPSA) is 93.3 Å². The minimum absolute atomic E-state index is 0.0177. The molecule has 2 heterocycles. The Morgan fingerprint density at radius 2 is 1.83 bits per heavy atom. The number of nitrogens with one attached hydrogen (secondary N) is 1. The second-order valence-electron chi connectivity index (χ2n) is 5.40. The van der Waals surface area contributed by atoms with Gasteiger partial charge in [-0.15, -0.1) is 0 Å². The van der Waals surface area contributed by atoms with Crippen LogP contribution in [-0.2, 0) is 14.6 Å². The molecule has 1 aliphatic rings. The molecule has 4 rings (SSSR count). The van der Waals surface area contributed by atoms with Crippen molar-refractivity contribution in [1.82, 2.24) is 4.98 Å². The molecule has 0 spiro atoms. The van der Waals surface area contributed by atoms with E-state index in [4.69, 9.17) is 0 Å². The Labute approximate surface area is 136 Å². The van der Waals surface area contributed by atoms with E-state index in [9.17, 15) is 18.0 Å². The number of ether oxygens (including phenoxy) is 1. The smallest absolute Gasteiger partial charge is 0.354 e. The van der Waals surface area contributed by atoms with Crippen molar-refractivity contribution in [3.8, 4) is 11.1 Å². The van der Waals surface area contributed by atoms with E-state index >= 15 is 0 Å². The first-order valence-corrected chi connectivity index (χ1v) is 8.56. The number of carbonyl (C=O) groups excluding carboxylic acids is 1. The standard InChI is InChI=1S/C17H11NO5S/c1-23-17(20)11-8-12(19)16-10(18-11)6-7-14-15(16)9-4-2-3-5-13(9)24(14,21)22/h2-8H,1H3,(H,18,19). The van der Waals surface area contributed by atoms with Gasteiger partial charge >= 0.3 is 5.97 Å². The Hall–Kier alpha value is -2.93. The number of pyridine rings is 1. The number of aromatic nitrogens is 1. The molecular formula is C17H11NO5S. The van der Waals surface area contributed by atoms with Gasteiger partial charge in [-0.1, -0.05) is 18.2 Å². The Bertz CT molecular complexity index is 1190. The molecule has 0 aliphatic carbocycles. The third kappa shape index (κ3) is 1.78. The molecule has 120 valence electrons. The summed E-state index contributed by atoms with van der Waals surface area (Å²) in [6.45, 7) is 0. The van der Waals surface area contributed by atoms with Crippen molar-refractivity contribution >= 4 is 26.7 Å². The number of sulfone groups is 1. The number of hydrogen-bond acceptors (Lipinski definition) is 5. The first-order chi connectivity index (χ1) is 11.4. The van der Waals surface area contributed by atoms with Gasteiger partial charge in [0.1, 0.15) is 5.69 Å². The number of esters is 1. The van der Waals surface area contributed by atoms with Gasteiger partial charge in [-0.25, -0.2) is 13.2 Å². The molecule has 0 saturated heterocycles. The van der Waals surface area contributed by atoms with Gasteiger partial charge in [-0.3, -0.25) is 4.79 Å². The Kier molecular flexibility index (Phi) is 2.92. The highest BCUT2D eigenvalue weighted by Gasteiger charge is 2.34. The fourth-order valence-corrected chi connectivity index (χ4v) is 4.75. The van der Waals surface area contributed by atoms with Crippen molar-refractivity contribution in [3.05, 3.63) is 58.4 Å². The molecule has 1 aromatic heterocycles. The monoisotopic (exact) mass is 341 g/mol. The average molecular weight is 341 g/mol. The van der Waals surface area contributed by atoms with Crippen molar-refractivity contribution in [3.63, 3.8) is 0 Å². The number of hydrogen-bond donors (Lipinski definition) is 1. The molecule has 1 N–H and O–H groups in total. The molecule has 2 aromatic carbocycles. The van der Waals surface area contributed by atoms with Crippen LogP contribution in [0.5, 0.6) is 0 Å². The summed E-state index contributed by atoms with van der Waals surface area (Å²) in [6.07, 6.45) is 0. The molecule has 0 saturated carbocycles. The van der Waals surface area contributed by atoms with Crippen LogP contribution in [0.4, 0.5) is 0 Å². The Balaban J connectivity index is 2.17. The van der Waals surface area contributed by atoms with Crippen LogP contribution in [-0.4, -0.2) is 26.5 Å². The van der Waals surface area contributed by atoms with E-state index in [1.807, 2.05) is 0 Å². The number of carbonyl (C=O) groups is 1. The van der Waals surface area contributed by atoms with Crippen LogP contribution >= 0.6 is 0 Å². The summed E-state index contributed by atoms with van der Waals surface area (Å²) in [7, 11) is -2.43. The van der Waals surface area contributed by atoms with E-state index in [0.29, 0.717) is 16.6 Å². The van der Waals surface area contributed by atoms with E-state index in [1.165, 1.54) is 25.3 Å². The average Bonchev–Trinajstić information content (AvgIpc) is 2.82. The molecule has 0 atom stereocenters. The van der Waals surface area contributed by atoms with Crippen LogP contribution in [0.1, 0.15) is 10.5 Å². The van der Waals surface area contributed by atoms with Gasteiger partial charge in [0.25, 0.3) is 0 Å². The lowest BCUT2D eigenvalue weighted by Crippen LogP contribution is -2.12. The molecule has 0 amide bonds. The summed E-state index contributed by atoms with van der Waals surface area (Å²) in [6, 6.07) is 10.6. The number of fused-ring (bicyclic) bond motifs is 5. The number of H-pyrrole nitrogens is 1. The fraction of sp³-hybridized carbons (Fsp3) is 0.0588. The highest BCUT2D eigenvalue weighted by Crippen LogP contribution is 2.45. The molecule has 3 aromatic rings. The lowest BCUT2D eigenvalue weighted by atomic mass is 10.00. The summed E-state index contributed by atoms with van der Waals surface area (Å²) in [5.41, 5.74) is 0.834. The van der Waals surface area contributed by atoms with Crippen LogP contribution < -0.4 is 5.43 Å². The zero-order chi connectivity index (χ0) is 17.1. The lowest BCUT2D eigenvalue weighted by molar-refractivity contribution is 0.0594. The van der Waals surface area contributed by atoms with Crippen LogP contribution in [0.3, 0.4) is 0 Å². The molecule has 0 unspecified atom stereocenters. The van der Waals surface area contributed by atoms with Crippen molar-refractivity contribution in [2.45, 2.75) is 9.79 Å². The summed E-state index contributed by atoms with van der Waals surface area (Å²) in [5.74, 6) is -0.664. The van der Waals surface area contributed by atoms with Gasteiger partial charge in [0.2, 0.25) is 9.84 Å². The maximum atomic E-state index is 12.7. The number of rotatable bonds is 1. The molecule has 24 heavy (non-hydrogen) atoms. The molecule has 6 nitrogen and oxygen atoms in total. The number of methoxy groups -OCH3 is 1. The van der Waals surface area contributed by atoms with E-state index in [0.717, 1.165) is 6.07 Å². The predicted octanol–water partition coefficient (Wildman–Crippen LogP) is 2.13. The zero-order valence-corrected chi connectivity index (χ0v) is 13.3. The Morgan fingerprint density at radius 1 is 1.08 bits per heavy atom. The quantitative estimate of drug-likeness (QED) is 0.535. The summed E-state index contributed by atoms with van der Waals surface area (Å²) < 4.78 is 29.9. The lowest BCUT2D eigenvalue weighted by Gasteiger charge is -2.07. The van der Waals surface area contributed by atoms with Gasteiger partial charge in [-0.2, -0.15) is 0 Å². The molecule has 0 bridgehead atoms. The molecule has 7 heteroatoms. The zero-order valence-electron chi connectivity index (χ0n) is 12.5. The van der Waals surface area contributed by atoms with Gasteiger partial charge in [-0.05, 0) is 18.2 Å². The van der Waals surface area contributed by atoms with Crippen molar-refractivity contribution in [2.75, 3.05) is 7.11 Å². The first kappa shape index (κ1) is 14.6. The third-order valence-electron chi connectivity index (χ3n) is 4.10. The van der Waals surface area contributed by atoms with E-state index in [2.05, 4.69) is 9.72 Å². The maximum Gasteiger partial charge on any atom is 0.354 e. The fourth-order valence-electron chi connectivity index (χ4n) is 3.07. The van der Waals surface area contributed by atoms with Crippen molar-refractivity contribution < 1.29 is 17.9 Å². The van der Waals surface area contributed by atoms with Gasteiger partial charge in [0.05, 0.1) is 27.8 Å². The minimum Gasteiger partial charge on any atom is -0.464 e. The van der Waals surface area contributed by atoms with Crippen LogP contribution in [0.25, 0.3) is 22.0 Å². The second-order valence-corrected chi connectivity index (χ2v) is 7.29. The van der Waals surface area contributed by atoms with Gasteiger partial charge in [0.15, 0.2) is 5.43 Å². The largest absolute Gasteiger partial charge is 0.464 e. The summed E-state index contributed by atoms with van der Waals surface area (Å²) in [4.78, 5) is 27.4. The van der Waals surface area contributed by atoms with Gasteiger partial charge in [0, 0.05) is 17.2 Å². The number of benzene rings is 2. The van der Waals surface area contributed by atoms with Crippen molar-refractivity contribution in [2.24, 2.45) is 0 Å². The van der Waals surface area contributed by atoms with Crippen LogP contribution in [0, 0.1) is 0 Å². The second kappa shape index (κ2) is 4.78. The third-order valence-corrected chi connectivity index (χ3v) is 5.95. The predicted molar refractivity (Wildman–Crippen MR) is 86.8 cm³/mol. The normalized spacial score (nSPS) is 14.2. The number of aromatic amines is 1. The summed E-state index contributed by atoms with van der Waals surface area (Å²) in [5, 5.41) is 0.244. The minimum atomic E-state index is -3.65. The highest BCUT2D eigenvalue weighted by molar-refractivity contribution is 7.92. The van der Waals surface area contributed by atoms with Gasteiger partial charge < -0.3 is 9.72 Å². The summed E-state index contributed by atoms with van der Waals surface area (Å²) >= 11 is 0. The highest BCUT2D eigenvalue weighted by atomic mass is 32.2. The maximum absolute atomic E-state index is 12.7. The van der Waals surface area contributed by atoms with E-state index in [1.54, 1.807) is 18.2 Å². The van der Waals surface area contributed by atoms with E-state index < -0.39 is 21.2 Å². The SMILES string of the molecule is COC(=O)c1cc(=O)c2c3c(ccc2[nH]1)S(=O)(=O)c1ccccc1-3. The van der Waals surface area contributed by atoms with Crippen LogP contribution in [0.2, 0.25) is 0 Å². The Morgan fingerprint density at radius 3 is 2.58 bits per heavy atom. The first-order valence-electron chi connectivity index (χ1n) is 7.08. The van der Waals surface area contributed by atoms with Crippen LogP contribution in [0.15, 0.2) is 57.1 Å². The molecule has 0 radical (unpaired) electrons. The molecule has 1 aliphatic heterocycles.